The normalized spacial score (nSPS) is 17.7. The summed E-state index contributed by atoms with van der Waals surface area (Å²) >= 11 is 0. The fourth-order valence-corrected chi connectivity index (χ4v) is 3.08. The molecule has 0 spiro atoms. The van der Waals surface area contributed by atoms with Crippen LogP contribution in [0.3, 0.4) is 0 Å². The zero-order chi connectivity index (χ0) is 15.9. The van der Waals surface area contributed by atoms with Crippen molar-refractivity contribution in [2.75, 3.05) is 30.3 Å². The minimum Gasteiger partial charge on any atom is -0.397 e. The lowest BCUT2D eigenvalue weighted by atomic mass is 9.98. The number of hydrogen-bond donors (Lipinski definition) is 2. The topological polar surface area (TPSA) is 41.3 Å². The molecule has 3 N–H and O–H groups in total. The maximum atomic E-state index is 6.30. The van der Waals surface area contributed by atoms with Gasteiger partial charge in [0.05, 0.1) is 11.4 Å². The molecule has 0 amide bonds. The SMILES string of the molecule is CCC(C)NCCCc1ccc(N2CCC(C)CC2)c(N)c1. The molecular weight excluding hydrogens is 270 g/mol. The van der Waals surface area contributed by atoms with Gasteiger partial charge in [0.1, 0.15) is 0 Å². The molecule has 0 aromatic heterocycles. The number of nitrogens with two attached hydrogens (primary N) is 1. The summed E-state index contributed by atoms with van der Waals surface area (Å²) in [4.78, 5) is 2.45. The monoisotopic (exact) mass is 303 g/mol. The molecule has 1 saturated heterocycles. The molecule has 1 atom stereocenters. The maximum Gasteiger partial charge on any atom is 0.0600 e. The van der Waals surface area contributed by atoms with Gasteiger partial charge < -0.3 is 16.0 Å². The molecule has 1 unspecified atom stereocenters. The van der Waals surface area contributed by atoms with Crippen molar-refractivity contribution in [1.82, 2.24) is 5.32 Å². The fraction of sp³-hybridized carbons (Fsp3) is 0.684. The van der Waals surface area contributed by atoms with Gasteiger partial charge in [0.15, 0.2) is 0 Å². The van der Waals surface area contributed by atoms with E-state index in [4.69, 9.17) is 5.73 Å². The highest BCUT2D eigenvalue weighted by atomic mass is 15.1. The quantitative estimate of drug-likeness (QED) is 0.594. The van der Waals surface area contributed by atoms with Crippen LogP contribution in [0.15, 0.2) is 18.2 Å². The molecule has 0 radical (unpaired) electrons. The van der Waals surface area contributed by atoms with Crippen LogP contribution in [0.5, 0.6) is 0 Å². The molecule has 1 aromatic rings. The van der Waals surface area contributed by atoms with Crippen LogP contribution in [0.25, 0.3) is 0 Å². The van der Waals surface area contributed by atoms with Crippen LogP contribution in [0.2, 0.25) is 0 Å². The highest BCUT2D eigenvalue weighted by Gasteiger charge is 2.17. The van der Waals surface area contributed by atoms with Crippen LogP contribution < -0.4 is 16.0 Å². The van der Waals surface area contributed by atoms with Crippen LogP contribution in [-0.4, -0.2) is 25.7 Å². The molecule has 1 aromatic carbocycles. The number of nitrogens with one attached hydrogen (secondary N) is 1. The first-order valence-corrected chi connectivity index (χ1v) is 8.97. The zero-order valence-corrected chi connectivity index (χ0v) is 14.6. The first-order valence-electron chi connectivity index (χ1n) is 8.97. The number of anilines is 2. The molecule has 1 aliphatic heterocycles. The Hall–Kier alpha value is -1.22. The highest BCUT2D eigenvalue weighted by molar-refractivity contribution is 5.68. The van der Waals surface area contributed by atoms with Crippen LogP contribution in [-0.2, 0) is 6.42 Å². The molecule has 0 saturated carbocycles. The molecule has 124 valence electrons. The Morgan fingerprint density at radius 2 is 2.05 bits per heavy atom. The van der Waals surface area contributed by atoms with Crippen molar-refractivity contribution in [3.05, 3.63) is 23.8 Å². The summed E-state index contributed by atoms with van der Waals surface area (Å²) < 4.78 is 0. The number of piperidine rings is 1. The Morgan fingerprint density at radius 3 is 2.68 bits per heavy atom. The van der Waals surface area contributed by atoms with Crippen molar-refractivity contribution in [1.29, 1.82) is 0 Å². The third-order valence-electron chi connectivity index (χ3n) is 4.96. The lowest BCUT2D eigenvalue weighted by molar-refractivity contribution is 0.438. The van der Waals surface area contributed by atoms with Crippen molar-refractivity contribution < 1.29 is 0 Å². The molecule has 2 rings (SSSR count). The minimum absolute atomic E-state index is 0.619. The van der Waals surface area contributed by atoms with Crippen molar-refractivity contribution in [3.8, 4) is 0 Å². The number of nitrogen functional groups attached to an aromatic ring is 1. The van der Waals surface area contributed by atoms with Crippen molar-refractivity contribution >= 4 is 11.4 Å². The van der Waals surface area contributed by atoms with Gasteiger partial charge in [-0.3, -0.25) is 0 Å². The molecular formula is C19H33N3. The Balaban J connectivity index is 1.84. The van der Waals surface area contributed by atoms with E-state index in [2.05, 4.69) is 49.2 Å². The van der Waals surface area contributed by atoms with E-state index in [0.717, 1.165) is 37.7 Å². The fourth-order valence-electron chi connectivity index (χ4n) is 3.08. The minimum atomic E-state index is 0.619. The lowest BCUT2D eigenvalue weighted by Crippen LogP contribution is -2.33. The lowest BCUT2D eigenvalue weighted by Gasteiger charge is -2.33. The molecule has 1 fully saturated rings. The van der Waals surface area contributed by atoms with Crippen LogP contribution in [0.1, 0.15) is 52.0 Å². The van der Waals surface area contributed by atoms with E-state index in [1.807, 2.05) is 0 Å². The number of benzene rings is 1. The van der Waals surface area contributed by atoms with Gasteiger partial charge in [-0.15, -0.1) is 0 Å². The summed E-state index contributed by atoms with van der Waals surface area (Å²) in [7, 11) is 0. The highest BCUT2D eigenvalue weighted by Crippen LogP contribution is 2.29. The van der Waals surface area contributed by atoms with Crippen molar-refractivity contribution in [3.63, 3.8) is 0 Å². The predicted molar refractivity (Wildman–Crippen MR) is 97.5 cm³/mol. The molecule has 3 heteroatoms. The standard InChI is InChI=1S/C19H33N3/c1-4-16(3)21-11-5-6-17-7-8-19(18(20)14-17)22-12-9-15(2)10-13-22/h7-8,14-16,21H,4-6,9-13,20H2,1-3H3. The van der Waals surface area contributed by atoms with Crippen molar-refractivity contribution in [2.24, 2.45) is 5.92 Å². The molecule has 0 bridgehead atoms. The number of nitrogens with zero attached hydrogens (tertiary/aromatic N) is 1. The Morgan fingerprint density at radius 1 is 1.32 bits per heavy atom. The average Bonchev–Trinajstić information content (AvgIpc) is 2.52. The Kier molecular flexibility index (Phi) is 6.56. The largest absolute Gasteiger partial charge is 0.397 e. The number of aryl methyl sites for hydroxylation is 1. The van der Waals surface area contributed by atoms with Gasteiger partial charge in [-0.2, -0.15) is 0 Å². The third kappa shape index (κ3) is 4.91. The third-order valence-corrected chi connectivity index (χ3v) is 4.96. The smallest absolute Gasteiger partial charge is 0.0600 e. The van der Waals surface area contributed by atoms with Crippen molar-refractivity contribution in [2.45, 2.75) is 58.9 Å². The summed E-state index contributed by atoms with van der Waals surface area (Å²) in [5.41, 5.74) is 9.84. The van der Waals surface area contributed by atoms with Gasteiger partial charge in [-0.25, -0.2) is 0 Å². The second-order valence-corrected chi connectivity index (χ2v) is 6.93. The first kappa shape index (κ1) is 17.1. The summed E-state index contributed by atoms with van der Waals surface area (Å²) in [6.45, 7) is 10.2. The molecule has 0 aliphatic carbocycles. The van der Waals surface area contributed by atoms with E-state index < -0.39 is 0 Å². The summed E-state index contributed by atoms with van der Waals surface area (Å²) in [5.74, 6) is 0.856. The Bertz CT molecular complexity index is 450. The van der Waals surface area contributed by atoms with Gasteiger partial charge >= 0.3 is 0 Å². The van der Waals surface area contributed by atoms with Gasteiger partial charge in [-0.1, -0.05) is 19.9 Å². The maximum absolute atomic E-state index is 6.30. The molecule has 1 aliphatic rings. The Labute approximate surface area is 136 Å². The molecule has 22 heavy (non-hydrogen) atoms. The second-order valence-electron chi connectivity index (χ2n) is 6.93. The average molecular weight is 303 g/mol. The molecule has 3 nitrogen and oxygen atoms in total. The van der Waals surface area contributed by atoms with Crippen LogP contribution in [0, 0.1) is 5.92 Å². The van der Waals surface area contributed by atoms with Gasteiger partial charge in [0.2, 0.25) is 0 Å². The van der Waals surface area contributed by atoms with E-state index >= 15 is 0 Å². The van der Waals surface area contributed by atoms with E-state index in [9.17, 15) is 0 Å². The van der Waals surface area contributed by atoms with E-state index in [-0.39, 0.29) is 0 Å². The van der Waals surface area contributed by atoms with E-state index in [1.54, 1.807) is 0 Å². The van der Waals surface area contributed by atoms with Gasteiger partial charge in [-0.05, 0) is 69.2 Å². The predicted octanol–water partition coefficient (Wildman–Crippen LogP) is 3.83. The second kappa shape index (κ2) is 8.42. The number of hydrogen-bond acceptors (Lipinski definition) is 3. The number of rotatable bonds is 7. The zero-order valence-electron chi connectivity index (χ0n) is 14.6. The summed E-state index contributed by atoms with van der Waals surface area (Å²) in [6.07, 6.45) is 6.02. The van der Waals surface area contributed by atoms with Crippen LogP contribution >= 0.6 is 0 Å². The van der Waals surface area contributed by atoms with Gasteiger partial charge in [0, 0.05) is 19.1 Å². The van der Waals surface area contributed by atoms with Crippen LogP contribution in [0.4, 0.5) is 11.4 Å². The molecule has 1 heterocycles. The first-order chi connectivity index (χ1) is 10.6. The van der Waals surface area contributed by atoms with Gasteiger partial charge in [0.25, 0.3) is 0 Å². The van der Waals surface area contributed by atoms with E-state index in [1.165, 1.54) is 36.9 Å². The van der Waals surface area contributed by atoms with E-state index in [0.29, 0.717) is 6.04 Å². The summed E-state index contributed by atoms with van der Waals surface area (Å²) in [5, 5.41) is 3.54. The summed E-state index contributed by atoms with van der Waals surface area (Å²) in [6, 6.07) is 7.28.